The average Bonchev–Trinajstić information content (AvgIpc) is 3.17. The van der Waals surface area contributed by atoms with Crippen LogP contribution in [-0.4, -0.2) is 37.4 Å². The maximum Gasteiger partial charge on any atom is 0.330 e. The van der Waals surface area contributed by atoms with Crippen LogP contribution in [0.25, 0.3) is 22.6 Å². The summed E-state index contributed by atoms with van der Waals surface area (Å²) in [6.45, 7) is 1.65. The van der Waals surface area contributed by atoms with Gasteiger partial charge in [0.15, 0.2) is 22.7 Å². The van der Waals surface area contributed by atoms with Gasteiger partial charge >= 0.3 is 5.69 Å². The van der Waals surface area contributed by atoms with Gasteiger partial charge in [-0.25, -0.2) is 18.6 Å². The number of imidazole rings is 1. The Labute approximate surface area is 198 Å². The SMILES string of the molecule is COc1cc(-c2nc3c(c(=O)[nH]c(=O)n3CC(C)O)n2C)ccc1OCc1ccc(C(F)F)cc1. The molecule has 4 rings (SSSR count). The fraction of sp³-hybridized carbons (Fsp3) is 0.292. The zero-order valence-corrected chi connectivity index (χ0v) is 19.3. The van der Waals surface area contributed by atoms with Gasteiger partial charge in [0.05, 0.1) is 19.8 Å². The van der Waals surface area contributed by atoms with Crippen molar-refractivity contribution in [3.63, 3.8) is 0 Å². The van der Waals surface area contributed by atoms with Crippen LogP contribution in [0.4, 0.5) is 8.78 Å². The topological polar surface area (TPSA) is 111 Å². The van der Waals surface area contributed by atoms with E-state index in [4.69, 9.17) is 9.47 Å². The van der Waals surface area contributed by atoms with Gasteiger partial charge in [0, 0.05) is 18.2 Å². The summed E-state index contributed by atoms with van der Waals surface area (Å²) in [5, 5.41) is 9.77. The van der Waals surface area contributed by atoms with Crippen LogP contribution in [0.15, 0.2) is 52.1 Å². The predicted molar refractivity (Wildman–Crippen MR) is 125 cm³/mol. The van der Waals surface area contributed by atoms with Gasteiger partial charge in [-0.05, 0) is 30.7 Å². The van der Waals surface area contributed by atoms with E-state index >= 15 is 0 Å². The fourth-order valence-corrected chi connectivity index (χ4v) is 3.78. The number of aryl methyl sites for hydroxylation is 1. The molecule has 11 heteroatoms. The van der Waals surface area contributed by atoms with Crippen molar-refractivity contribution in [2.45, 2.75) is 32.6 Å². The molecule has 0 aliphatic rings. The van der Waals surface area contributed by atoms with Crippen molar-refractivity contribution < 1.29 is 23.4 Å². The van der Waals surface area contributed by atoms with Crippen molar-refractivity contribution in [2.75, 3.05) is 7.11 Å². The van der Waals surface area contributed by atoms with E-state index in [9.17, 15) is 23.5 Å². The molecule has 0 aliphatic carbocycles. The molecule has 1 unspecified atom stereocenters. The third-order valence-electron chi connectivity index (χ3n) is 5.51. The quantitative estimate of drug-likeness (QED) is 0.396. The smallest absolute Gasteiger partial charge is 0.330 e. The molecule has 2 aromatic heterocycles. The first kappa shape index (κ1) is 24.1. The first-order valence-electron chi connectivity index (χ1n) is 10.8. The fourth-order valence-electron chi connectivity index (χ4n) is 3.78. The van der Waals surface area contributed by atoms with E-state index < -0.39 is 23.8 Å². The molecule has 0 spiro atoms. The molecule has 2 N–H and O–H groups in total. The third-order valence-corrected chi connectivity index (χ3v) is 5.51. The van der Waals surface area contributed by atoms with Gasteiger partial charge in [0.1, 0.15) is 12.4 Å². The Hall–Kier alpha value is -3.99. The molecule has 2 aromatic carbocycles. The van der Waals surface area contributed by atoms with Gasteiger partial charge < -0.3 is 19.1 Å². The Morgan fingerprint density at radius 1 is 1.11 bits per heavy atom. The lowest BCUT2D eigenvalue weighted by Gasteiger charge is -2.12. The van der Waals surface area contributed by atoms with Crippen LogP contribution in [0.3, 0.4) is 0 Å². The molecule has 4 aromatic rings. The lowest BCUT2D eigenvalue weighted by molar-refractivity contribution is 0.151. The maximum absolute atomic E-state index is 12.7. The molecule has 0 aliphatic heterocycles. The standard InChI is InChI=1S/C24H24F2N4O5/c1-13(31)11-30-22-19(23(32)28-24(30)33)29(2)21(27-22)16-8-9-17(18(10-16)34-3)35-12-14-4-6-15(7-5-14)20(25)26/h4-10,13,20,31H,11-12H2,1-3H3,(H,28,32,33). The molecule has 0 fully saturated rings. The van der Waals surface area contributed by atoms with Crippen molar-refractivity contribution in [2.24, 2.45) is 7.05 Å². The van der Waals surface area contributed by atoms with Crippen LogP contribution < -0.4 is 20.7 Å². The zero-order chi connectivity index (χ0) is 25.3. The number of H-pyrrole nitrogens is 1. The molecule has 0 bridgehead atoms. The minimum absolute atomic E-state index is 0.0308. The number of fused-ring (bicyclic) bond motifs is 1. The van der Waals surface area contributed by atoms with E-state index in [0.29, 0.717) is 28.5 Å². The summed E-state index contributed by atoms with van der Waals surface area (Å²) < 4.78 is 39.5. The number of hydrogen-bond acceptors (Lipinski definition) is 6. The number of halogens is 2. The van der Waals surface area contributed by atoms with Crippen LogP contribution in [0, 0.1) is 0 Å². The number of rotatable bonds is 8. The molecule has 9 nitrogen and oxygen atoms in total. The summed E-state index contributed by atoms with van der Waals surface area (Å²) in [5.74, 6) is 1.23. The van der Waals surface area contributed by atoms with Crippen molar-refractivity contribution in [1.82, 2.24) is 19.1 Å². The first-order valence-corrected chi connectivity index (χ1v) is 10.8. The molecular weight excluding hydrogens is 462 g/mol. The Bertz CT molecular complexity index is 1470. The van der Waals surface area contributed by atoms with E-state index in [1.165, 1.54) is 30.7 Å². The van der Waals surface area contributed by atoms with Gasteiger partial charge in [-0.3, -0.25) is 14.3 Å². The van der Waals surface area contributed by atoms with E-state index in [-0.39, 0.29) is 29.9 Å². The van der Waals surface area contributed by atoms with Crippen LogP contribution in [-0.2, 0) is 20.2 Å². The first-order chi connectivity index (χ1) is 16.7. The zero-order valence-electron chi connectivity index (χ0n) is 19.3. The van der Waals surface area contributed by atoms with Crippen molar-refractivity contribution in [3.05, 3.63) is 74.4 Å². The van der Waals surface area contributed by atoms with Gasteiger partial charge in [-0.1, -0.05) is 24.3 Å². The number of aliphatic hydroxyl groups is 1. The Morgan fingerprint density at radius 2 is 1.83 bits per heavy atom. The van der Waals surface area contributed by atoms with E-state index in [2.05, 4.69) is 9.97 Å². The van der Waals surface area contributed by atoms with Crippen molar-refractivity contribution >= 4 is 11.2 Å². The van der Waals surface area contributed by atoms with Crippen LogP contribution in [0.1, 0.15) is 24.5 Å². The summed E-state index contributed by atoms with van der Waals surface area (Å²) in [6.07, 6.45) is -3.35. The van der Waals surface area contributed by atoms with E-state index in [0.717, 1.165) is 0 Å². The number of ether oxygens (including phenoxy) is 2. The summed E-state index contributed by atoms with van der Waals surface area (Å²) in [5.41, 5.74) is 0.357. The molecule has 35 heavy (non-hydrogen) atoms. The number of nitrogens with one attached hydrogen (secondary N) is 1. The minimum atomic E-state index is -2.53. The van der Waals surface area contributed by atoms with Gasteiger partial charge in [0.2, 0.25) is 0 Å². The summed E-state index contributed by atoms with van der Waals surface area (Å²) >= 11 is 0. The highest BCUT2D eigenvalue weighted by atomic mass is 19.3. The number of aromatic nitrogens is 4. The number of benzene rings is 2. The second-order valence-corrected chi connectivity index (χ2v) is 8.08. The summed E-state index contributed by atoms with van der Waals surface area (Å²) in [4.78, 5) is 31.6. The second-order valence-electron chi connectivity index (χ2n) is 8.08. The Balaban J connectivity index is 1.67. The van der Waals surface area contributed by atoms with Crippen LogP contribution in [0.5, 0.6) is 11.5 Å². The number of aromatic amines is 1. The normalized spacial score (nSPS) is 12.3. The molecule has 0 radical (unpaired) electrons. The highest BCUT2D eigenvalue weighted by Gasteiger charge is 2.19. The van der Waals surface area contributed by atoms with Crippen molar-refractivity contribution in [1.29, 1.82) is 0 Å². The van der Waals surface area contributed by atoms with Crippen LogP contribution in [0.2, 0.25) is 0 Å². The number of alkyl halides is 2. The van der Waals surface area contributed by atoms with E-state index in [1.54, 1.807) is 41.9 Å². The largest absolute Gasteiger partial charge is 0.493 e. The molecule has 184 valence electrons. The van der Waals surface area contributed by atoms with Gasteiger partial charge in [0.25, 0.3) is 12.0 Å². The number of hydrogen-bond donors (Lipinski definition) is 2. The molecule has 0 saturated carbocycles. The number of aliphatic hydroxyl groups excluding tert-OH is 1. The highest BCUT2D eigenvalue weighted by molar-refractivity contribution is 5.77. The summed E-state index contributed by atoms with van der Waals surface area (Å²) in [7, 11) is 3.13. The van der Waals surface area contributed by atoms with Gasteiger partial charge in [-0.15, -0.1) is 0 Å². The Morgan fingerprint density at radius 3 is 2.46 bits per heavy atom. The minimum Gasteiger partial charge on any atom is -0.493 e. The average molecular weight is 486 g/mol. The molecule has 1 atom stereocenters. The predicted octanol–water partition coefficient (Wildman–Crippen LogP) is 3.00. The lowest BCUT2D eigenvalue weighted by Crippen LogP contribution is -2.33. The molecule has 0 amide bonds. The van der Waals surface area contributed by atoms with Gasteiger partial charge in [-0.2, -0.15) is 0 Å². The monoisotopic (exact) mass is 486 g/mol. The van der Waals surface area contributed by atoms with Crippen LogP contribution >= 0.6 is 0 Å². The molecule has 2 heterocycles. The second kappa shape index (κ2) is 9.71. The number of nitrogens with zero attached hydrogens (tertiary/aromatic N) is 3. The highest BCUT2D eigenvalue weighted by Crippen LogP contribution is 2.33. The lowest BCUT2D eigenvalue weighted by atomic mass is 10.1. The van der Waals surface area contributed by atoms with Crippen molar-refractivity contribution in [3.8, 4) is 22.9 Å². The third kappa shape index (κ3) is 4.80. The number of methoxy groups -OCH3 is 1. The van der Waals surface area contributed by atoms with E-state index in [1.807, 2.05) is 0 Å². The molecule has 0 saturated heterocycles. The molecular formula is C24H24F2N4O5. The Kier molecular flexibility index (Phi) is 6.70. The summed E-state index contributed by atoms with van der Waals surface area (Å²) in [6, 6.07) is 10.9. The maximum atomic E-state index is 12.7.